The van der Waals surface area contributed by atoms with Gasteiger partial charge in [0.25, 0.3) is 0 Å². The van der Waals surface area contributed by atoms with E-state index in [1.807, 2.05) is 19.2 Å². The van der Waals surface area contributed by atoms with Crippen molar-refractivity contribution in [2.75, 3.05) is 33.2 Å². The fourth-order valence-corrected chi connectivity index (χ4v) is 3.47. The van der Waals surface area contributed by atoms with E-state index >= 15 is 0 Å². The number of nitrogens with one attached hydrogen (secondary N) is 2. The quantitative estimate of drug-likeness (QED) is 0.359. The van der Waals surface area contributed by atoms with E-state index in [2.05, 4.69) is 51.7 Å². The van der Waals surface area contributed by atoms with Crippen molar-refractivity contribution in [3.63, 3.8) is 0 Å². The molecule has 1 saturated heterocycles. The van der Waals surface area contributed by atoms with E-state index in [1.54, 1.807) is 6.26 Å². The van der Waals surface area contributed by atoms with Gasteiger partial charge in [0.1, 0.15) is 5.76 Å². The molecule has 1 aliphatic heterocycles. The van der Waals surface area contributed by atoms with E-state index in [1.165, 1.54) is 37.1 Å². The Bertz CT molecular complexity index is 679. The van der Waals surface area contributed by atoms with Crippen molar-refractivity contribution in [2.24, 2.45) is 4.99 Å². The Kier molecular flexibility index (Phi) is 9.14. The van der Waals surface area contributed by atoms with Crippen LogP contribution in [0.4, 0.5) is 0 Å². The third-order valence-corrected chi connectivity index (χ3v) is 4.97. The van der Waals surface area contributed by atoms with E-state index in [-0.39, 0.29) is 24.0 Å². The number of likely N-dealkylation sites (tertiary alicyclic amines) is 1. The van der Waals surface area contributed by atoms with Crippen molar-refractivity contribution in [1.29, 1.82) is 0 Å². The van der Waals surface area contributed by atoms with Crippen LogP contribution in [0.3, 0.4) is 0 Å². The van der Waals surface area contributed by atoms with Gasteiger partial charge in [0, 0.05) is 26.6 Å². The summed E-state index contributed by atoms with van der Waals surface area (Å²) in [4.78, 5) is 6.94. The Labute approximate surface area is 179 Å². The van der Waals surface area contributed by atoms with Gasteiger partial charge in [0.2, 0.25) is 0 Å². The standard InChI is InChI=1S/C21H30N4O.HI/c1-17-7-9-18(10-8-17)20(25-13-3-4-14-25)16-24-21(22-2)23-12-11-19-6-5-15-26-19;/h5-10,15,20H,3-4,11-14,16H2,1-2H3,(H2,22,23,24);1H. The Morgan fingerprint density at radius 2 is 1.89 bits per heavy atom. The van der Waals surface area contributed by atoms with Crippen molar-refractivity contribution in [3.05, 3.63) is 59.5 Å². The highest BCUT2D eigenvalue weighted by molar-refractivity contribution is 14.0. The highest BCUT2D eigenvalue weighted by Crippen LogP contribution is 2.24. The van der Waals surface area contributed by atoms with Crippen LogP contribution in [-0.4, -0.2) is 44.1 Å². The third-order valence-electron chi connectivity index (χ3n) is 4.97. The lowest BCUT2D eigenvalue weighted by Gasteiger charge is -2.29. The third kappa shape index (κ3) is 6.53. The SMILES string of the molecule is CN=C(NCCc1ccco1)NCC(c1ccc(C)cc1)N1CCCC1.I. The van der Waals surface area contributed by atoms with Gasteiger partial charge in [-0.15, -0.1) is 24.0 Å². The molecule has 0 saturated carbocycles. The monoisotopic (exact) mass is 482 g/mol. The minimum absolute atomic E-state index is 0. The van der Waals surface area contributed by atoms with Crippen LogP contribution in [0.2, 0.25) is 0 Å². The van der Waals surface area contributed by atoms with Crippen molar-refractivity contribution in [3.8, 4) is 0 Å². The average molecular weight is 482 g/mol. The summed E-state index contributed by atoms with van der Waals surface area (Å²) in [6.45, 7) is 6.13. The smallest absolute Gasteiger partial charge is 0.191 e. The molecule has 1 fully saturated rings. The molecule has 1 aromatic heterocycles. The van der Waals surface area contributed by atoms with E-state index in [0.717, 1.165) is 31.2 Å². The van der Waals surface area contributed by atoms with Gasteiger partial charge in [-0.3, -0.25) is 9.89 Å². The van der Waals surface area contributed by atoms with Crippen LogP contribution >= 0.6 is 24.0 Å². The molecular weight excluding hydrogens is 451 g/mol. The van der Waals surface area contributed by atoms with Gasteiger partial charge < -0.3 is 15.1 Å². The summed E-state index contributed by atoms with van der Waals surface area (Å²) in [6.07, 6.45) is 5.14. The summed E-state index contributed by atoms with van der Waals surface area (Å²) in [5.41, 5.74) is 2.67. The number of guanidine groups is 1. The summed E-state index contributed by atoms with van der Waals surface area (Å²) < 4.78 is 5.38. The fourth-order valence-electron chi connectivity index (χ4n) is 3.47. The molecule has 3 rings (SSSR count). The maximum atomic E-state index is 5.38. The molecule has 5 nitrogen and oxygen atoms in total. The lowest BCUT2D eigenvalue weighted by molar-refractivity contribution is 0.245. The number of nitrogens with zero attached hydrogens (tertiary/aromatic N) is 2. The largest absolute Gasteiger partial charge is 0.469 e. The average Bonchev–Trinajstić information content (AvgIpc) is 3.36. The number of benzene rings is 1. The van der Waals surface area contributed by atoms with Crippen LogP contribution < -0.4 is 10.6 Å². The number of aliphatic imine (C=N–C) groups is 1. The topological polar surface area (TPSA) is 52.8 Å². The number of halogens is 1. The Morgan fingerprint density at radius 3 is 2.52 bits per heavy atom. The summed E-state index contributed by atoms with van der Waals surface area (Å²) in [7, 11) is 1.82. The molecule has 2 aromatic rings. The number of furan rings is 1. The van der Waals surface area contributed by atoms with Gasteiger partial charge in [-0.25, -0.2) is 0 Å². The molecule has 0 aliphatic carbocycles. The zero-order valence-electron chi connectivity index (χ0n) is 16.3. The van der Waals surface area contributed by atoms with Crippen molar-refractivity contribution < 1.29 is 4.42 Å². The summed E-state index contributed by atoms with van der Waals surface area (Å²) in [5.74, 6) is 1.83. The molecule has 0 spiro atoms. The normalized spacial score (nSPS) is 16.0. The molecule has 1 aromatic carbocycles. The first-order chi connectivity index (χ1) is 12.8. The molecule has 0 bridgehead atoms. The highest BCUT2D eigenvalue weighted by atomic mass is 127. The van der Waals surface area contributed by atoms with Crippen LogP contribution in [0.25, 0.3) is 0 Å². The van der Waals surface area contributed by atoms with Crippen molar-refractivity contribution in [1.82, 2.24) is 15.5 Å². The molecule has 27 heavy (non-hydrogen) atoms. The Balaban J connectivity index is 0.00000261. The molecular formula is C21H31IN4O. The number of hydrogen-bond acceptors (Lipinski definition) is 3. The number of rotatable bonds is 7. The molecule has 0 radical (unpaired) electrons. The van der Waals surface area contributed by atoms with Crippen molar-refractivity contribution >= 4 is 29.9 Å². The van der Waals surface area contributed by atoms with Crippen LogP contribution in [0.5, 0.6) is 0 Å². The summed E-state index contributed by atoms with van der Waals surface area (Å²) in [5, 5.41) is 6.88. The second-order valence-corrected chi connectivity index (χ2v) is 6.88. The zero-order valence-corrected chi connectivity index (χ0v) is 18.6. The zero-order chi connectivity index (χ0) is 18.2. The minimum Gasteiger partial charge on any atom is -0.469 e. The second kappa shape index (κ2) is 11.3. The lowest BCUT2D eigenvalue weighted by atomic mass is 10.0. The van der Waals surface area contributed by atoms with E-state index in [9.17, 15) is 0 Å². The van der Waals surface area contributed by atoms with Crippen molar-refractivity contribution in [2.45, 2.75) is 32.2 Å². The van der Waals surface area contributed by atoms with Gasteiger partial charge in [-0.05, 0) is 50.6 Å². The molecule has 2 N–H and O–H groups in total. The number of aryl methyl sites for hydroxylation is 1. The minimum atomic E-state index is 0. The molecule has 6 heteroatoms. The summed E-state index contributed by atoms with van der Waals surface area (Å²) >= 11 is 0. The Morgan fingerprint density at radius 1 is 1.15 bits per heavy atom. The molecule has 1 unspecified atom stereocenters. The van der Waals surface area contributed by atoms with Gasteiger partial charge in [0.15, 0.2) is 5.96 Å². The van der Waals surface area contributed by atoms with E-state index < -0.39 is 0 Å². The molecule has 148 valence electrons. The molecule has 1 atom stereocenters. The number of hydrogen-bond donors (Lipinski definition) is 2. The predicted octanol–water partition coefficient (Wildman–Crippen LogP) is 3.75. The predicted molar refractivity (Wildman–Crippen MR) is 122 cm³/mol. The summed E-state index contributed by atoms with van der Waals surface area (Å²) in [6, 6.07) is 13.2. The molecule has 2 heterocycles. The first kappa shape index (κ1) is 21.8. The van der Waals surface area contributed by atoms with Gasteiger partial charge in [0.05, 0.1) is 12.3 Å². The first-order valence-corrected chi connectivity index (χ1v) is 9.54. The lowest BCUT2D eigenvalue weighted by Crippen LogP contribution is -2.43. The maximum absolute atomic E-state index is 5.38. The van der Waals surface area contributed by atoms with Crippen LogP contribution in [0.15, 0.2) is 52.1 Å². The maximum Gasteiger partial charge on any atom is 0.191 e. The van der Waals surface area contributed by atoms with Crippen LogP contribution in [0.1, 0.15) is 35.8 Å². The fraction of sp³-hybridized carbons (Fsp3) is 0.476. The second-order valence-electron chi connectivity index (χ2n) is 6.88. The molecule has 1 aliphatic rings. The van der Waals surface area contributed by atoms with Crippen LogP contribution in [-0.2, 0) is 6.42 Å². The molecule has 0 amide bonds. The van der Waals surface area contributed by atoms with E-state index in [0.29, 0.717) is 6.04 Å². The Hall–Kier alpha value is -1.54. The van der Waals surface area contributed by atoms with Gasteiger partial charge in [-0.1, -0.05) is 29.8 Å². The highest BCUT2D eigenvalue weighted by Gasteiger charge is 2.23. The van der Waals surface area contributed by atoms with E-state index in [4.69, 9.17) is 4.42 Å². The van der Waals surface area contributed by atoms with Gasteiger partial charge in [-0.2, -0.15) is 0 Å². The van der Waals surface area contributed by atoms with Crippen LogP contribution in [0, 0.1) is 6.92 Å². The van der Waals surface area contributed by atoms with Gasteiger partial charge >= 0.3 is 0 Å². The first-order valence-electron chi connectivity index (χ1n) is 9.54.